The second-order valence-corrected chi connectivity index (χ2v) is 3.98. The molecule has 0 bridgehead atoms. The van der Waals surface area contributed by atoms with Crippen LogP contribution in [-0.4, -0.2) is 22.2 Å². The van der Waals surface area contributed by atoms with Gasteiger partial charge in [-0.2, -0.15) is 0 Å². The molecule has 2 N–H and O–H groups in total. The van der Waals surface area contributed by atoms with Gasteiger partial charge in [-0.1, -0.05) is 38.2 Å². The lowest BCUT2D eigenvalue weighted by Gasteiger charge is -2.41. The van der Waals surface area contributed by atoms with E-state index >= 15 is 0 Å². The van der Waals surface area contributed by atoms with E-state index in [0.717, 1.165) is 0 Å². The summed E-state index contributed by atoms with van der Waals surface area (Å²) in [5.74, 6) is -2.17. The summed E-state index contributed by atoms with van der Waals surface area (Å²) in [5, 5.41) is 18.7. The van der Waals surface area contributed by atoms with Gasteiger partial charge < -0.3 is 10.2 Å². The van der Waals surface area contributed by atoms with Gasteiger partial charge in [0.25, 0.3) is 0 Å². The molecule has 0 radical (unpaired) electrons. The molecule has 0 aliphatic heterocycles. The van der Waals surface area contributed by atoms with Gasteiger partial charge in [0.05, 0.1) is 0 Å². The molecular weight excluding hydrogens is 208 g/mol. The second kappa shape index (κ2) is 4.12. The number of hydrogen-bond donors (Lipinski definition) is 2. The minimum Gasteiger partial charge on any atom is -0.481 e. The van der Waals surface area contributed by atoms with Crippen LogP contribution in [0.5, 0.6) is 0 Å². The third kappa shape index (κ3) is 1.37. The summed E-state index contributed by atoms with van der Waals surface area (Å²) >= 11 is 0. The van der Waals surface area contributed by atoms with E-state index in [-0.39, 0.29) is 12.8 Å². The molecule has 0 amide bonds. The molecule has 0 fully saturated rings. The summed E-state index contributed by atoms with van der Waals surface area (Å²) in [6, 6.07) is 0. The lowest BCUT2D eigenvalue weighted by Crippen LogP contribution is -2.50. The molecule has 0 saturated carbocycles. The fourth-order valence-electron chi connectivity index (χ4n) is 2.43. The molecule has 1 rings (SSSR count). The highest BCUT2D eigenvalue weighted by molar-refractivity contribution is 5.90. The van der Waals surface area contributed by atoms with Crippen LogP contribution in [0.3, 0.4) is 0 Å². The summed E-state index contributed by atoms with van der Waals surface area (Å²) in [7, 11) is 0. The van der Waals surface area contributed by atoms with Gasteiger partial charge in [0.15, 0.2) is 0 Å². The summed E-state index contributed by atoms with van der Waals surface area (Å²) in [6.45, 7) is 3.40. The summed E-state index contributed by atoms with van der Waals surface area (Å²) < 4.78 is 0. The molecule has 0 heterocycles. The molecule has 2 atom stereocenters. The van der Waals surface area contributed by atoms with E-state index in [0.29, 0.717) is 0 Å². The summed E-state index contributed by atoms with van der Waals surface area (Å²) in [5.41, 5.74) is -2.69. The van der Waals surface area contributed by atoms with E-state index in [1.165, 1.54) is 12.2 Å². The van der Waals surface area contributed by atoms with E-state index in [2.05, 4.69) is 0 Å². The first-order valence-corrected chi connectivity index (χ1v) is 5.30. The Hall–Kier alpha value is -1.58. The maximum atomic E-state index is 11.4. The van der Waals surface area contributed by atoms with Crippen molar-refractivity contribution in [2.75, 3.05) is 0 Å². The van der Waals surface area contributed by atoms with E-state index in [4.69, 9.17) is 0 Å². The van der Waals surface area contributed by atoms with Crippen LogP contribution in [0.1, 0.15) is 26.7 Å². The SMILES string of the molecule is CCC1(C(=O)O)C=CC=CC1(CC)C(=O)O. The minimum absolute atomic E-state index is 0.253. The zero-order chi connectivity index (χ0) is 12.4. The van der Waals surface area contributed by atoms with Crippen LogP contribution in [0.2, 0.25) is 0 Å². The number of carbonyl (C=O) groups is 2. The van der Waals surface area contributed by atoms with Gasteiger partial charge in [0, 0.05) is 0 Å². The van der Waals surface area contributed by atoms with Gasteiger partial charge in [-0.05, 0) is 12.8 Å². The van der Waals surface area contributed by atoms with Gasteiger partial charge in [-0.3, -0.25) is 9.59 Å². The van der Waals surface area contributed by atoms with Crippen molar-refractivity contribution in [3.05, 3.63) is 24.3 Å². The summed E-state index contributed by atoms with van der Waals surface area (Å²) in [4.78, 5) is 22.9. The predicted molar refractivity (Wildman–Crippen MR) is 59.0 cm³/mol. The van der Waals surface area contributed by atoms with Crippen LogP contribution in [0.4, 0.5) is 0 Å². The molecule has 0 spiro atoms. The molecule has 1 aliphatic rings. The first-order valence-electron chi connectivity index (χ1n) is 5.30. The van der Waals surface area contributed by atoms with Gasteiger partial charge in [-0.15, -0.1) is 0 Å². The van der Waals surface area contributed by atoms with Gasteiger partial charge in [0.2, 0.25) is 0 Å². The number of aliphatic carboxylic acids is 2. The van der Waals surface area contributed by atoms with Crippen molar-refractivity contribution in [1.29, 1.82) is 0 Å². The van der Waals surface area contributed by atoms with Crippen LogP contribution in [-0.2, 0) is 9.59 Å². The Labute approximate surface area is 94.3 Å². The molecule has 16 heavy (non-hydrogen) atoms. The maximum Gasteiger partial charge on any atom is 0.315 e. The standard InChI is InChI=1S/C12H16O4/c1-3-11(9(13)14)7-5-6-8-12(11,4-2)10(15)16/h5-8H,3-4H2,1-2H3,(H,13,14)(H,15,16). The Bertz CT molecular complexity index is 333. The molecule has 88 valence electrons. The number of allylic oxidation sites excluding steroid dienone is 2. The zero-order valence-corrected chi connectivity index (χ0v) is 9.43. The molecule has 0 aromatic heterocycles. The highest BCUT2D eigenvalue weighted by Gasteiger charge is 2.57. The van der Waals surface area contributed by atoms with E-state index in [1.807, 2.05) is 0 Å². The molecule has 2 unspecified atom stereocenters. The fraction of sp³-hybridized carbons (Fsp3) is 0.500. The summed E-state index contributed by atoms with van der Waals surface area (Å²) in [6.07, 6.45) is 6.70. The van der Waals surface area contributed by atoms with E-state index < -0.39 is 22.8 Å². The van der Waals surface area contributed by atoms with Gasteiger partial charge in [-0.25, -0.2) is 0 Å². The van der Waals surface area contributed by atoms with Crippen molar-refractivity contribution in [2.24, 2.45) is 10.8 Å². The van der Waals surface area contributed by atoms with Crippen molar-refractivity contribution < 1.29 is 19.8 Å². The third-order valence-corrected chi connectivity index (χ3v) is 3.55. The van der Waals surface area contributed by atoms with Gasteiger partial charge >= 0.3 is 11.9 Å². The van der Waals surface area contributed by atoms with Crippen molar-refractivity contribution in [1.82, 2.24) is 0 Å². The lowest BCUT2D eigenvalue weighted by molar-refractivity contribution is -0.166. The number of hydrogen-bond acceptors (Lipinski definition) is 2. The van der Waals surface area contributed by atoms with Crippen molar-refractivity contribution in [3.8, 4) is 0 Å². The van der Waals surface area contributed by atoms with Crippen LogP contribution in [0, 0.1) is 10.8 Å². The van der Waals surface area contributed by atoms with Crippen molar-refractivity contribution in [3.63, 3.8) is 0 Å². The topological polar surface area (TPSA) is 74.6 Å². The molecular formula is C12H16O4. The Morgan fingerprint density at radius 2 is 1.25 bits per heavy atom. The lowest BCUT2D eigenvalue weighted by atomic mass is 9.58. The van der Waals surface area contributed by atoms with Crippen LogP contribution >= 0.6 is 0 Å². The Morgan fingerprint density at radius 3 is 1.44 bits per heavy atom. The number of carboxylic acid groups (broad SMARTS) is 2. The molecule has 0 saturated heterocycles. The molecule has 0 aromatic carbocycles. The van der Waals surface area contributed by atoms with Crippen molar-refractivity contribution >= 4 is 11.9 Å². The quantitative estimate of drug-likeness (QED) is 0.766. The first kappa shape index (κ1) is 12.5. The maximum absolute atomic E-state index is 11.4. The molecule has 4 heteroatoms. The highest BCUT2D eigenvalue weighted by Crippen LogP contribution is 2.49. The molecule has 0 aromatic rings. The van der Waals surface area contributed by atoms with Crippen LogP contribution in [0.25, 0.3) is 0 Å². The number of rotatable bonds is 4. The highest BCUT2D eigenvalue weighted by atomic mass is 16.4. The van der Waals surface area contributed by atoms with E-state index in [1.54, 1.807) is 26.0 Å². The van der Waals surface area contributed by atoms with Crippen LogP contribution in [0.15, 0.2) is 24.3 Å². The van der Waals surface area contributed by atoms with Gasteiger partial charge in [0.1, 0.15) is 10.8 Å². The Kier molecular flexibility index (Phi) is 3.21. The monoisotopic (exact) mass is 224 g/mol. The van der Waals surface area contributed by atoms with E-state index in [9.17, 15) is 19.8 Å². The van der Waals surface area contributed by atoms with Crippen molar-refractivity contribution in [2.45, 2.75) is 26.7 Å². The smallest absolute Gasteiger partial charge is 0.315 e. The molecule has 1 aliphatic carbocycles. The average molecular weight is 224 g/mol. The Balaban J connectivity index is 3.44. The zero-order valence-electron chi connectivity index (χ0n) is 9.43. The minimum atomic E-state index is -1.34. The number of carboxylic acids is 2. The Morgan fingerprint density at radius 1 is 0.938 bits per heavy atom. The molecule has 4 nitrogen and oxygen atoms in total. The third-order valence-electron chi connectivity index (χ3n) is 3.55. The predicted octanol–water partition coefficient (Wildman–Crippen LogP) is 2.07. The van der Waals surface area contributed by atoms with Crippen LogP contribution < -0.4 is 0 Å². The second-order valence-electron chi connectivity index (χ2n) is 3.98. The normalized spacial score (nSPS) is 32.6. The average Bonchev–Trinajstić information content (AvgIpc) is 2.27. The first-order chi connectivity index (χ1) is 7.47. The largest absolute Gasteiger partial charge is 0.481 e. The fourth-order valence-corrected chi connectivity index (χ4v) is 2.43.